The molecule has 3 rings (SSSR count). The highest BCUT2D eigenvalue weighted by Crippen LogP contribution is 2.20. The van der Waals surface area contributed by atoms with Crippen molar-refractivity contribution in [3.05, 3.63) is 54.2 Å². The van der Waals surface area contributed by atoms with Crippen LogP contribution in [0.15, 0.2) is 48.7 Å². The maximum atomic E-state index is 13.0. The van der Waals surface area contributed by atoms with Crippen molar-refractivity contribution < 1.29 is 14.3 Å². The Morgan fingerprint density at radius 2 is 1.81 bits per heavy atom. The number of carbonyl (C=O) groups is 2. The molecule has 0 radical (unpaired) electrons. The second-order valence-electron chi connectivity index (χ2n) is 8.26. The van der Waals surface area contributed by atoms with Crippen molar-refractivity contribution in [3.63, 3.8) is 0 Å². The lowest BCUT2D eigenvalue weighted by Crippen LogP contribution is -2.47. The largest absolute Gasteiger partial charge is 0.372 e. The lowest BCUT2D eigenvalue weighted by atomic mass is 9.97. The molecule has 1 fully saturated rings. The first-order valence-corrected chi connectivity index (χ1v) is 10.9. The lowest BCUT2D eigenvalue weighted by Gasteiger charge is -2.36. The molecule has 4 unspecified atom stereocenters. The molecular weight excluding hydrogens is 392 g/mol. The number of aromatic nitrogens is 1. The topological polar surface area (TPSA) is 83.6 Å². The van der Waals surface area contributed by atoms with Gasteiger partial charge in [0.25, 0.3) is 5.91 Å². The number of nitrogens with zero attached hydrogens (tertiary/aromatic N) is 2. The van der Waals surface area contributed by atoms with Crippen LogP contribution in [0, 0.1) is 5.92 Å². The maximum Gasteiger partial charge on any atom is 0.251 e. The number of hydrogen-bond acceptors (Lipinski definition) is 5. The van der Waals surface area contributed by atoms with Crippen LogP contribution in [0.4, 0.5) is 11.5 Å². The summed E-state index contributed by atoms with van der Waals surface area (Å²) in [6.07, 6.45) is 2.71. The number of carbonyl (C=O) groups excluding carboxylic acids is 2. The predicted octanol–water partition coefficient (Wildman–Crippen LogP) is 3.48. The van der Waals surface area contributed by atoms with E-state index in [0.29, 0.717) is 11.3 Å². The molecule has 7 heteroatoms. The van der Waals surface area contributed by atoms with Crippen molar-refractivity contribution in [3.8, 4) is 0 Å². The molecule has 2 amide bonds. The molecule has 4 atom stereocenters. The summed E-state index contributed by atoms with van der Waals surface area (Å²) in [5.74, 6) is 0.332. The highest BCUT2D eigenvalue weighted by Gasteiger charge is 2.27. The van der Waals surface area contributed by atoms with Gasteiger partial charge in [-0.05, 0) is 44.0 Å². The number of morpholine rings is 1. The fourth-order valence-corrected chi connectivity index (χ4v) is 3.75. The fourth-order valence-electron chi connectivity index (χ4n) is 3.75. The van der Waals surface area contributed by atoms with E-state index >= 15 is 0 Å². The Labute approximate surface area is 184 Å². The summed E-state index contributed by atoms with van der Waals surface area (Å²) in [6.45, 7) is 9.62. The van der Waals surface area contributed by atoms with Gasteiger partial charge in [-0.15, -0.1) is 0 Å². The summed E-state index contributed by atoms with van der Waals surface area (Å²) >= 11 is 0. The molecule has 1 aromatic carbocycles. The molecule has 1 aromatic heterocycles. The zero-order chi connectivity index (χ0) is 22.4. The lowest BCUT2D eigenvalue weighted by molar-refractivity contribution is -0.119. The van der Waals surface area contributed by atoms with Crippen LogP contribution in [0.25, 0.3) is 0 Å². The number of hydrogen-bond donors (Lipinski definition) is 2. The number of rotatable bonds is 7. The Morgan fingerprint density at radius 1 is 1.13 bits per heavy atom. The summed E-state index contributed by atoms with van der Waals surface area (Å²) in [5, 5.41) is 5.79. The Hall–Kier alpha value is -2.93. The first-order valence-electron chi connectivity index (χ1n) is 10.9. The van der Waals surface area contributed by atoms with Crippen molar-refractivity contribution in [2.45, 2.75) is 52.4 Å². The first-order chi connectivity index (χ1) is 14.9. The highest BCUT2D eigenvalue weighted by molar-refractivity contribution is 6.01. The minimum absolute atomic E-state index is 0.0174. The molecule has 7 nitrogen and oxygen atoms in total. The maximum absolute atomic E-state index is 13.0. The molecule has 1 saturated heterocycles. The third-order valence-electron chi connectivity index (χ3n) is 5.58. The van der Waals surface area contributed by atoms with Gasteiger partial charge in [0.05, 0.1) is 24.1 Å². The summed E-state index contributed by atoms with van der Waals surface area (Å²) in [5.41, 5.74) is 1.13. The second kappa shape index (κ2) is 10.4. The van der Waals surface area contributed by atoms with E-state index in [9.17, 15) is 9.59 Å². The van der Waals surface area contributed by atoms with E-state index in [-0.39, 0.29) is 29.9 Å². The Balaban J connectivity index is 1.66. The zero-order valence-electron chi connectivity index (χ0n) is 18.7. The number of benzene rings is 1. The van der Waals surface area contributed by atoms with Crippen LogP contribution in [-0.2, 0) is 9.53 Å². The SMILES string of the molecule is CCC(C)C(NC(=O)c1ccccc1)C(=O)Nc1ccc(N2CC(C)OC(C)C2)nc1. The van der Waals surface area contributed by atoms with E-state index in [1.54, 1.807) is 30.5 Å². The average molecular weight is 425 g/mol. The third-order valence-corrected chi connectivity index (χ3v) is 5.58. The number of amides is 2. The van der Waals surface area contributed by atoms with Crippen LogP contribution < -0.4 is 15.5 Å². The highest BCUT2D eigenvalue weighted by atomic mass is 16.5. The summed E-state index contributed by atoms with van der Waals surface area (Å²) < 4.78 is 5.78. The second-order valence-corrected chi connectivity index (χ2v) is 8.26. The molecule has 2 aromatic rings. The van der Waals surface area contributed by atoms with Gasteiger partial charge in [0.15, 0.2) is 0 Å². The van der Waals surface area contributed by atoms with E-state index in [4.69, 9.17) is 4.74 Å². The quantitative estimate of drug-likeness (QED) is 0.711. The Kier molecular flexibility index (Phi) is 7.63. The molecule has 1 aliphatic rings. The molecule has 2 N–H and O–H groups in total. The van der Waals surface area contributed by atoms with Gasteiger partial charge in [0.2, 0.25) is 5.91 Å². The van der Waals surface area contributed by atoms with Gasteiger partial charge >= 0.3 is 0 Å². The van der Waals surface area contributed by atoms with Gasteiger partial charge in [-0.3, -0.25) is 9.59 Å². The van der Waals surface area contributed by atoms with Crippen molar-refractivity contribution in [2.75, 3.05) is 23.3 Å². The van der Waals surface area contributed by atoms with Crippen molar-refractivity contribution in [1.29, 1.82) is 0 Å². The van der Waals surface area contributed by atoms with E-state index in [2.05, 4.69) is 34.4 Å². The minimum atomic E-state index is -0.640. The number of anilines is 2. The van der Waals surface area contributed by atoms with Crippen LogP contribution in [-0.4, -0.2) is 48.1 Å². The standard InChI is InChI=1S/C24H32N4O3/c1-5-16(2)22(27-23(29)19-9-7-6-8-10-19)24(30)26-20-11-12-21(25-13-20)28-14-17(3)31-18(4)15-28/h6-13,16-18,22H,5,14-15H2,1-4H3,(H,26,30)(H,27,29). The van der Waals surface area contributed by atoms with Gasteiger partial charge in [-0.25, -0.2) is 4.98 Å². The molecular formula is C24H32N4O3. The fraction of sp³-hybridized carbons (Fsp3) is 0.458. The van der Waals surface area contributed by atoms with Gasteiger partial charge in [0, 0.05) is 18.7 Å². The summed E-state index contributed by atoms with van der Waals surface area (Å²) in [7, 11) is 0. The average Bonchev–Trinajstić information content (AvgIpc) is 2.77. The van der Waals surface area contributed by atoms with E-state index in [0.717, 1.165) is 25.3 Å². The van der Waals surface area contributed by atoms with Crippen molar-refractivity contribution in [1.82, 2.24) is 10.3 Å². The molecule has 0 bridgehead atoms. The normalized spacial score (nSPS) is 20.6. The number of pyridine rings is 1. The van der Waals surface area contributed by atoms with Gasteiger partial charge in [-0.2, -0.15) is 0 Å². The molecule has 2 heterocycles. The number of nitrogens with one attached hydrogen (secondary N) is 2. The third kappa shape index (κ3) is 6.04. The molecule has 0 spiro atoms. The van der Waals surface area contributed by atoms with E-state index in [1.807, 2.05) is 32.0 Å². The first kappa shape index (κ1) is 22.7. The van der Waals surface area contributed by atoms with E-state index < -0.39 is 6.04 Å². The number of ether oxygens (including phenoxy) is 1. The van der Waals surface area contributed by atoms with Crippen LogP contribution >= 0.6 is 0 Å². The van der Waals surface area contributed by atoms with Crippen LogP contribution in [0.3, 0.4) is 0 Å². The molecule has 1 aliphatic heterocycles. The summed E-state index contributed by atoms with van der Waals surface area (Å²) in [6, 6.07) is 12.0. The van der Waals surface area contributed by atoms with Gasteiger partial charge in [-0.1, -0.05) is 38.5 Å². The summed E-state index contributed by atoms with van der Waals surface area (Å²) in [4.78, 5) is 32.3. The van der Waals surface area contributed by atoms with Crippen LogP contribution in [0.2, 0.25) is 0 Å². The smallest absolute Gasteiger partial charge is 0.251 e. The zero-order valence-corrected chi connectivity index (χ0v) is 18.7. The monoisotopic (exact) mass is 424 g/mol. The van der Waals surface area contributed by atoms with Crippen LogP contribution in [0.1, 0.15) is 44.5 Å². The van der Waals surface area contributed by atoms with Gasteiger partial charge in [0.1, 0.15) is 11.9 Å². The van der Waals surface area contributed by atoms with Crippen molar-refractivity contribution >= 4 is 23.3 Å². The molecule has 0 saturated carbocycles. The van der Waals surface area contributed by atoms with E-state index in [1.165, 1.54) is 0 Å². The van der Waals surface area contributed by atoms with Crippen LogP contribution in [0.5, 0.6) is 0 Å². The molecule has 0 aliphatic carbocycles. The molecule has 31 heavy (non-hydrogen) atoms. The Bertz CT molecular complexity index is 862. The Morgan fingerprint density at radius 3 is 2.39 bits per heavy atom. The minimum Gasteiger partial charge on any atom is -0.372 e. The predicted molar refractivity (Wildman–Crippen MR) is 122 cm³/mol. The van der Waals surface area contributed by atoms with Gasteiger partial charge < -0.3 is 20.3 Å². The van der Waals surface area contributed by atoms with Crippen molar-refractivity contribution in [2.24, 2.45) is 5.92 Å². The molecule has 166 valence electrons.